The summed E-state index contributed by atoms with van der Waals surface area (Å²) in [6, 6.07) is 11.5. The van der Waals surface area contributed by atoms with Gasteiger partial charge in [-0.2, -0.15) is 0 Å². The molecule has 1 N–H and O–H groups in total. The molecule has 0 radical (unpaired) electrons. The summed E-state index contributed by atoms with van der Waals surface area (Å²) in [7, 11) is 1.48. The molecule has 8 heteroatoms. The lowest BCUT2D eigenvalue weighted by Crippen LogP contribution is -2.54. The third-order valence-electron chi connectivity index (χ3n) is 4.34. The monoisotopic (exact) mass is 426 g/mol. The normalized spacial score (nSPS) is 15.2. The molecule has 1 fully saturated rings. The van der Waals surface area contributed by atoms with Gasteiger partial charge in [-0.15, -0.1) is 6.58 Å². The van der Waals surface area contributed by atoms with Crippen LogP contribution in [0.3, 0.4) is 0 Å². The topological polar surface area (TPSA) is 84.9 Å². The highest BCUT2D eigenvalue weighted by molar-refractivity contribution is 6.31. The van der Waals surface area contributed by atoms with Crippen molar-refractivity contribution in [2.75, 3.05) is 13.7 Å². The summed E-state index contributed by atoms with van der Waals surface area (Å²) in [5.41, 5.74) is 1.19. The van der Waals surface area contributed by atoms with E-state index in [9.17, 15) is 14.4 Å². The second-order valence-corrected chi connectivity index (χ2v) is 6.72. The van der Waals surface area contributed by atoms with Crippen LogP contribution < -0.4 is 14.8 Å². The first-order valence-corrected chi connectivity index (χ1v) is 9.36. The van der Waals surface area contributed by atoms with Crippen LogP contribution in [0.2, 0.25) is 5.02 Å². The zero-order valence-electron chi connectivity index (χ0n) is 16.2. The van der Waals surface area contributed by atoms with E-state index < -0.39 is 17.8 Å². The van der Waals surface area contributed by atoms with Crippen molar-refractivity contribution in [3.63, 3.8) is 0 Å². The number of benzene rings is 2. The number of nitrogens with one attached hydrogen (secondary N) is 1. The minimum absolute atomic E-state index is 0.00652. The zero-order valence-corrected chi connectivity index (χ0v) is 16.9. The van der Waals surface area contributed by atoms with Gasteiger partial charge in [0.2, 0.25) is 0 Å². The number of barbiturate groups is 1. The predicted octanol–water partition coefficient (Wildman–Crippen LogP) is 3.58. The highest BCUT2D eigenvalue weighted by Crippen LogP contribution is 2.30. The van der Waals surface area contributed by atoms with Crippen molar-refractivity contribution < 1.29 is 23.9 Å². The number of urea groups is 1. The molecule has 1 saturated heterocycles. The van der Waals surface area contributed by atoms with E-state index in [1.807, 2.05) is 18.2 Å². The molecule has 1 aliphatic heterocycles. The highest BCUT2D eigenvalue weighted by Gasteiger charge is 2.34. The Bertz CT molecular complexity index is 1050. The Kier molecular flexibility index (Phi) is 6.54. The maximum atomic E-state index is 12.5. The molecule has 4 amide bonds. The molecule has 30 heavy (non-hydrogen) atoms. The number of amides is 4. The van der Waals surface area contributed by atoms with Crippen molar-refractivity contribution >= 4 is 35.5 Å². The number of carbonyl (C=O) groups is 3. The second-order valence-electron chi connectivity index (χ2n) is 6.31. The molecule has 0 aromatic heterocycles. The number of ether oxygens (including phenoxy) is 2. The first kappa shape index (κ1) is 21.1. The van der Waals surface area contributed by atoms with Crippen LogP contribution in [-0.4, -0.2) is 36.4 Å². The van der Waals surface area contributed by atoms with Crippen molar-refractivity contribution in [3.05, 3.63) is 76.8 Å². The van der Waals surface area contributed by atoms with Crippen molar-refractivity contribution in [2.24, 2.45) is 0 Å². The van der Waals surface area contributed by atoms with Gasteiger partial charge in [0.1, 0.15) is 12.2 Å². The maximum Gasteiger partial charge on any atom is 0.331 e. The summed E-state index contributed by atoms with van der Waals surface area (Å²) in [6.07, 6.45) is 2.79. The van der Waals surface area contributed by atoms with E-state index in [1.54, 1.807) is 24.3 Å². The molecule has 0 spiro atoms. The third-order valence-corrected chi connectivity index (χ3v) is 4.71. The largest absolute Gasteiger partial charge is 0.493 e. The van der Waals surface area contributed by atoms with Gasteiger partial charge >= 0.3 is 6.03 Å². The lowest BCUT2D eigenvalue weighted by Gasteiger charge is -2.25. The van der Waals surface area contributed by atoms with Gasteiger partial charge in [0.15, 0.2) is 11.5 Å². The van der Waals surface area contributed by atoms with Crippen LogP contribution in [0.5, 0.6) is 11.5 Å². The van der Waals surface area contributed by atoms with E-state index in [4.69, 9.17) is 21.1 Å². The van der Waals surface area contributed by atoms with E-state index in [2.05, 4.69) is 11.9 Å². The summed E-state index contributed by atoms with van der Waals surface area (Å²) >= 11 is 6.15. The average molecular weight is 427 g/mol. The standard InChI is InChI=1S/C22H19ClN2O5/c1-3-10-25-21(27)16(20(26)24-22(25)28)11-14-8-9-18(19(12-14)29-2)30-13-15-6-4-5-7-17(15)23/h3-9,11-12H,1,10,13H2,2H3,(H,24,26,28)/b16-11-. The lowest BCUT2D eigenvalue weighted by atomic mass is 10.1. The van der Waals surface area contributed by atoms with Gasteiger partial charge in [0, 0.05) is 17.1 Å². The Balaban J connectivity index is 1.84. The Morgan fingerprint density at radius 2 is 1.90 bits per heavy atom. The van der Waals surface area contributed by atoms with Crippen LogP contribution in [0.15, 0.2) is 60.7 Å². The zero-order chi connectivity index (χ0) is 21.7. The summed E-state index contributed by atoms with van der Waals surface area (Å²) in [6.45, 7) is 3.75. The fourth-order valence-electron chi connectivity index (χ4n) is 2.82. The number of halogens is 1. The molecule has 0 aliphatic carbocycles. The van der Waals surface area contributed by atoms with E-state index in [0.717, 1.165) is 10.5 Å². The van der Waals surface area contributed by atoms with Gasteiger partial charge in [-0.3, -0.25) is 19.8 Å². The van der Waals surface area contributed by atoms with Gasteiger partial charge in [-0.1, -0.05) is 41.9 Å². The van der Waals surface area contributed by atoms with Crippen molar-refractivity contribution in [2.45, 2.75) is 6.61 Å². The Morgan fingerprint density at radius 3 is 2.60 bits per heavy atom. The number of carbonyl (C=O) groups excluding carboxylic acids is 3. The van der Waals surface area contributed by atoms with Gasteiger partial charge in [0.05, 0.1) is 7.11 Å². The highest BCUT2D eigenvalue weighted by atomic mass is 35.5. The first-order valence-electron chi connectivity index (χ1n) is 8.98. The molecule has 1 heterocycles. The quantitative estimate of drug-likeness (QED) is 0.415. The van der Waals surface area contributed by atoms with Crippen LogP contribution >= 0.6 is 11.6 Å². The van der Waals surface area contributed by atoms with Gasteiger partial charge in [-0.25, -0.2) is 4.79 Å². The first-order chi connectivity index (χ1) is 14.4. The summed E-state index contributed by atoms with van der Waals surface area (Å²) in [5, 5.41) is 2.74. The minimum atomic E-state index is -0.775. The minimum Gasteiger partial charge on any atom is -0.493 e. The molecule has 0 atom stereocenters. The van der Waals surface area contributed by atoms with Crippen molar-refractivity contribution in [1.82, 2.24) is 10.2 Å². The van der Waals surface area contributed by atoms with E-state index in [-0.39, 0.29) is 18.7 Å². The van der Waals surface area contributed by atoms with E-state index in [1.165, 1.54) is 19.3 Å². The molecule has 154 valence electrons. The van der Waals surface area contributed by atoms with Crippen LogP contribution in [-0.2, 0) is 16.2 Å². The van der Waals surface area contributed by atoms with Crippen LogP contribution in [0.4, 0.5) is 4.79 Å². The van der Waals surface area contributed by atoms with Crippen LogP contribution in [0.25, 0.3) is 6.08 Å². The van der Waals surface area contributed by atoms with E-state index >= 15 is 0 Å². The van der Waals surface area contributed by atoms with Gasteiger partial charge < -0.3 is 9.47 Å². The lowest BCUT2D eigenvalue weighted by molar-refractivity contribution is -0.129. The molecular weight excluding hydrogens is 408 g/mol. The Hall–Kier alpha value is -3.58. The smallest absolute Gasteiger partial charge is 0.331 e. The molecule has 0 bridgehead atoms. The number of nitrogens with zero attached hydrogens (tertiary/aromatic N) is 1. The molecule has 7 nitrogen and oxygen atoms in total. The van der Waals surface area contributed by atoms with Crippen molar-refractivity contribution in [3.8, 4) is 11.5 Å². The fourth-order valence-corrected chi connectivity index (χ4v) is 3.01. The third kappa shape index (κ3) is 4.52. The Morgan fingerprint density at radius 1 is 1.13 bits per heavy atom. The molecule has 0 saturated carbocycles. The van der Waals surface area contributed by atoms with Crippen molar-refractivity contribution in [1.29, 1.82) is 0 Å². The number of imide groups is 2. The Labute approximate surface area is 178 Å². The molecule has 1 aliphatic rings. The number of hydrogen-bond donors (Lipinski definition) is 1. The van der Waals surface area contributed by atoms with Gasteiger partial charge in [-0.05, 0) is 29.8 Å². The number of hydrogen-bond acceptors (Lipinski definition) is 5. The fraction of sp³-hybridized carbons (Fsp3) is 0.136. The maximum absolute atomic E-state index is 12.5. The molecule has 2 aromatic carbocycles. The predicted molar refractivity (Wildman–Crippen MR) is 112 cm³/mol. The summed E-state index contributed by atoms with van der Waals surface area (Å²) in [5.74, 6) is -0.563. The average Bonchev–Trinajstić information content (AvgIpc) is 2.74. The molecule has 0 unspecified atom stereocenters. The number of methoxy groups -OCH3 is 1. The van der Waals surface area contributed by atoms with Crippen LogP contribution in [0.1, 0.15) is 11.1 Å². The van der Waals surface area contributed by atoms with E-state index in [0.29, 0.717) is 22.1 Å². The SMILES string of the molecule is C=CCN1C(=O)NC(=O)/C(=C/c2ccc(OCc3ccccc3Cl)c(OC)c2)C1=O. The van der Waals surface area contributed by atoms with Gasteiger partial charge in [0.25, 0.3) is 11.8 Å². The molecule has 3 rings (SSSR count). The van der Waals surface area contributed by atoms with Crippen LogP contribution in [0, 0.1) is 0 Å². The summed E-state index contributed by atoms with van der Waals surface area (Å²) < 4.78 is 11.2. The second kappa shape index (κ2) is 9.28. The summed E-state index contributed by atoms with van der Waals surface area (Å²) in [4.78, 5) is 37.4. The molecule has 2 aromatic rings. The number of rotatable bonds is 7. The molecular formula is C22H19ClN2O5.